The molecule has 13 nitrogen and oxygen atoms in total. The Morgan fingerprint density at radius 1 is 0.724 bits per heavy atom. The number of amides is 2. The van der Waals surface area contributed by atoms with Crippen LogP contribution < -0.4 is 21.1 Å². The molecule has 4 aliphatic heterocycles. The minimum absolute atomic E-state index is 0.188. The summed E-state index contributed by atoms with van der Waals surface area (Å²) in [6.07, 6.45) is 9.32. The van der Waals surface area contributed by atoms with E-state index in [1.165, 1.54) is 44.3 Å². The van der Waals surface area contributed by atoms with E-state index in [2.05, 4.69) is 64.2 Å². The third kappa shape index (κ3) is 8.57. The number of rotatable bonds is 11. The number of anilines is 2. The van der Waals surface area contributed by atoms with E-state index < -0.39 is 0 Å². The van der Waals surface area contributed by atoms with Crippen molar-refractivity contribution in [2.75, 3.05) is 63.4 Å². The van der Waals surface area contributed by atoms with Gasteiger partial charge in [0.1, 0.15) is 35.4 Å². The van der Waals surface area contributed by atoms with Gasteiger partial charge in [0, 0.05) is 49.9 Å². The van der Waals surface area contributed by atoms with E-state index in [9.17, 15) is 9.59 Å². The van der Waals surface area contributed by atoms with Gasteiger partial charge in [-0.25, -0.2) is 14.6 Å². The predicted octanol–water partition coefficient (Wildman–Crippen LogP) is 6.07. The van der Waals surface area contributed by atoms with Gasteiger partial charge < -0.3 is 30.5 Å². The number of fused-ring (bicyclic) bond motifs is 1. The van der Waals surface area contributed by atoms with Gasteiger partial charge in [-0.3, -0.25) is 14.9 Å². The van der Waals surface area contributed by atoms with Crippen LogP contribution in [0, 0.1) is 0 Å². The molecule has 4 N–H and O–H groups in total. The van der Waals surface area contributed by atoms with Crippen LogP contribution in [-0.2, 0) is 9.59 Å². The summed E-state index contributed by atoms with van der Waals surface area (Å²) in [7, 11) is 0. The molecule has 0 bridgehead atoms. The van der Waals surface area contributed by atoms with Gasteiger partial charge >= 0.3 is 0 Å². The molecule has 4 saturated heterocycles. The van der Waals surface area contributed by atoms with Crippen LogP contribution in [0.5, 0.6) is 11.5 Å². The Hall–Kier alpha value is -5.37. The Balaban J connectivity index is 0.719. The maximum absolute atomic E-state index is 12.1. The number of hydrogen-bond donors (Lipinski definition) is 3. The van der Waals surface area contributed by atoms with Crippen LogP contribution in [0.25, 0.3) is 22.3 Å². The highest BCUT2D eigenvalue weighted by Crippen LogP contribution is 2.36. The molecular weight excluding hydrogens is 729 g/mol. The number of nitrogens with zero attached hydrogens (tertiary/aromatic N) is 7. The second kappa shape index (κ2) is 17.2. The van der Waals surface area contributed by atoms with E-state index in [0.29, 0.717) is 30.6 Å². The van der Waals surface area contributed by atoms with Gasteiger partial charge in [0.2, 0.25) is 11.8 Å². The summed E-state index contributed by atoms with van der Waals surface area (Å²) in [5, 5.41) is 11.7. The Morgan fingerprint density at radius 3 is 2.07 bits per heavy atom. The average molecular weight is 783 g/mol. The molecule has 2 aromatic heterocycles. The molecule has 58 heavy (non-hydrogen) atoms. The van der Waals surface area contributed by atoms with Gasteiger partial charge in [0.15, 0.2) is 5.65 Å². The zero-order valence-electron chi connectivity index (χ0n) is 33.1. The second-order valence-electron chi connectivity index (χ2n) is 16.4. The SMILES string of the molecule is Nc1ncnc2c1c(-c1ccc(Oc3ccccc3)cc1)nn2C1CCN(C2CCN(CCN3CCC(c4ccc(NC5CCC(=O)NC5=O)cc4)CC3)CC2)CC1. The van der Waals surface area contributed by atoms with E-state index in [4.69, 9.17) is 15.6 Å². The van der Waals surface area contributed by atoms with Gasteiger partial charge in [-0.05, 0) is 131 Å². The Labute approximate surface area is 339 Å². The first-order valence-corrected chi connectivity index (χ1v) is 21.1. The minimum Gasteiger partial charge on any atom is -0.457 e. The van der Waals surface area contributed by atoms with E-state index in [1.807, 2.05) is 54.6 Å². The van der Waals surface area contributed by atoms with Crippen molar-refractivity contribution in [3.63, 3.8) is 0 Å². The van der Waals surface area contributed by atoms with Crippen molar-refractivity contribution in [1.29, 1.82) is 0 Å². The molecule has 2 amide bonds. The largest absolute Gasteiger partial charge is 0.457 e. The zero-order chi connectivity index (χ0) is 39.4. The monoisotopic (exact) mass is 782 g/mol. The molecule has 0 radical (unpaired) electrons. The number of hydrogen-bond acceptors (Lipinski definition) is 11. The number of aromatic nitrogens is 4. The highest BCUT2D eigenvalue weighted by Gasteiger charge is 2.32. The van der Waals surface area contributed by atoms with Crippen molar-refractivity contribution in [3.8, 4) is 22.8 Å². The highest BCUT2D eigenvalue weighted by atomic mass is 16.5. The number of piperidine rings is 4. The van der Waals surface area contributed by atoms with Crippen LogP contribution in [-0.4, -0.2) is 111 Å². The first kappa shape index (κ1) is 38.2. The maximum Gasteiger partial charge on any atom is 0.249 e. The van der Waals surface area contributed by atoms with Gasteiger partial charge in [-0.15, -0.1) is 0 Å². The quantitative estimate of drug-likeness (QED) is 0.134. The molecule has 6 heterocycles. The van der Waals surface area contributed by atoms with Crippen LogP contribution in [0.15, 0.2) is 85.2 Å². The molecule has 9 rings (SSSR count). The number of carbonyl (C=O) groups is 2. The topological polar surface area (TPSA) is 147 Å². The fourth-order valence-corrected chi connectivity index (χ4v) is 9.42. The van der Waals surface area contributed by atoms with Gasteiger partial charge in [-0.2, -0.15) is 5.10 Å². The van der Waals surface area contributed by atoms with Crippen LogP contribution in [0.4, 0.5) is 11.5 Å². The molecule has 1 unspecified atom stereocenters. The summed E-state index contributed by atoms with van der Waals surface area (Å²) in [5.74, 6) is 2.16. The van der Waals surface area contributed by atoms with E-state index in [1.54, 1.807) is 6.33 Å². The second-order valence-corrected chi connectivity index (χ2v) is 16.4. The first-order chi connectivity index (χ1) is 28.4. The van der Waals surface area contributed by atoms with Gasteiger partial charge in [0.25, 0.3) is 0 Å². The molecular formula is C45H54N10O3. The average Bonchev–Trinajstić information content (AvgIpc) is 3.66. The molecule has 4 fully saturated rings. The maximum atomic E-state index is 12.1. The van der Waals surface area contributed by atoms with Crippen molar-refractivity contribution < 1.29 is 14.3 Å². The summed E-state index contributed by atoms with van der Waals surface area (Å²) in [5.41, 5.74) is 11.3. The van der Waals surface area contributed by atoms with Gasteiger partial charge in [-0.1, -0.05) is 30.3 Å². The summed E-state index contributed by atoms with van der Waals surface area (Å²) in [4.78, 5) is 40.7. The first-order valence-electron chi connectivity index (χ1n) is 21.1. The minimum atomic E-state index is -0.352. The molecule has 0 spiro atoms. The van der Waals surface area contributed by atoms with Crippen molar-refractivity contribution in [2.45, 2.75) is 75.4 Å². The number of imide groups is 1. The molecule has 0 saturated carbocycles. The molecule has 3 aromatic carbocycles. The molecule has 4 aliphatic rings. The highest BCUT2D eigenvalue weighted by molar-refractivity contribution is 6.01. The third-order valence-corrected chi connectivity index (χ3v) is 12.8. The molecule has 13 heteroatoms. The number of para-hydroxylation sites is 1. The number of ether oxygens (including phenoxy) is 1. The summed E-state index contributed by atoms with van der Waals surface area (Å²) >= 11 is 0. The van der Waals surface area contributed by atoms with Crippen LogP contribution >= 0.6 is 0 Å². The smallest absolute Gasteiger partial charge is 0.249 e. The fourth-order valence-electron chi connectivity index (χ4n) is 9.42. The lowest BCUT2D eigenvalue weighted by atomic mass is 9.89. The van der Waals surface area contributed by atoms with Gasteiger partial charge in [0.05, 0.1) is 11.4 Å². The van der Waals surface area contributed by atoms with E-state index in [-0.39, 0.29) is 23.9 Å². The molecule has 1 atom stereocenters. The lowest BCUT2D eigenvalue weighted by molar-refractivity contribution is -0.133. The molecule has 5 aromatic rings. The van der Waals surface area contributed by atoms with E-state index in [0.717, 1.165) is 91.6 Å². The number of nitrogens with one attached hydrogen (secondary N) is 2. The Morgan fingerprint density at radius 2 is 1.38 bits per heavy atom. The summed E-state index contributed by atoms with van der Waals surface area (Å²) in [6.45, 7) is 9.00. The fraction of sp³-hybridized carbons (Fsp3) is 0.444. The third-order valence-electron chi connectivity index (χ3n) is 12.8. The van der Waals surface area contributed by atoms with Crippen LogP contribution in [0.3, 0.4) is 0 Å². The number of nitrogens with two attached hydrogens (primary N) is 1. The van der Waals surface area contributed by atoms with Crippen molar-refractivity contribution in [3.05, 3.63) is 90.8 Å². The summed E-state index contributed by atoms with van der Waals surface area (Å²) < 4.78 is 8.13. The number of nitrogen functional groups attached to an aromatic ring is 1. The van der Waals surface area contributed by atoms with Crippen LogP contribution in [0.2, 0.25) is 0 Å². The number of benzene rings is 3. The zero-order valence-corrected chi connectivity index (χ0v) is 33.1. The van der Waals surface area contributed by atoms with E-state index >= 15 is 0 Å². The molecule has 302 valence electrons. The van der Waals surface area contributed by atoms with Crippen LogP contribution in [0.1, 0.15) is 68.9 Å². The lowest BCUT2D eigenvalue weighted by Gasteiger charge is -2.42. The Bertz CT molecular complexity index is 2170. The van der Waals surface area contributed by atoms with Crippen molar-refractivity contribution >= 4 is 34.4 Å². The number of likely N-dealkylation sites (tertiary alicyclic amines) is 3. The Kier molecular flexibility index (Phi) is 11.3. The normalized spacial score (nSPS) is 21.0. The van der Waals surface area contributed by atoms with Crippen molar-refractivity contribution in [2.24, 2.45) is 0 Å². The number of carbonyl (C=O) groups excluding carboxylic acids is 2. The molecule has 0 aliphatic carbocycles. The standard InChI is InChI=1S/C45H54N10O3/c46-43-41-42(33-8-12-38(13-9-33)58-37-4-2-1-3-5-37)51-55(44(41)48-30-47-43)36-20-26-54(27-21-36)35-18-24-53(25-19-35)29-28-52-22-16-32(17-23-52)31-6-10-34(11-7-31)49-39-14-15-40(56)50-45(39)57/h1-13,30,32,35-36,39,49H,14-29H2,(H2,46,47,48)(H,50,56,57). The lowest BCUT2D eigenvalue weighted by Crippen LogP contribution is -2.49. The summed E-state index contributed by atoms with van der Waals surface area (Å²) in [6, 6.07) is 26.9. The van der Waals surface area contributed by atoms with Crippen molar-refractivity contribution in [1.82, 2.24) is 39.8 Å². The predicted molar refractivity (Wildman–Crippen MR) is 226 cm³/mol.